The van der Waals surface area contributed by atoms with Crippen LogP contribution in [0.15, 0.2) is 42.5 Å². The van der Waals surface area contributed by atoms with Crippen LogP contribution in [0, 0.1) is 0 Å². The molecule has 0 radical (unpaired) electrons. The second kappa shape index (κ2) is 8.85. The molecule has 1 aromatic heterocycles. The molecule has 0 spiro atoms. The minimum atomic E-state index is -0.306. The summed E-state index contributed by atoms with van der Waals surface area (Å²) in [4.78, 5) is 21.7. The zero-order valence-corrected chi connectivity index (χ0v) is 17.4. The van der Waals surface area contributed by atoms with Crippen molar-refractivity contribution < 1.29 is 9.53 Å². The molecular weight excluding hydrogens is 402 g/mol. The number of ether oxygens (including phenoxy) is 1. The third-order valence-corrected chi connectivity index (χ3v) is 5.63. The number of halogens is 1. The van der Waals surface area contributed by atoms with Crippen LogP contribution in [0.5, 0.6) is 5.75 Å². The van der Waals surface area contributed by atoms with Gasteiger partial charge in [0.15, 0.2) is 0 Å². The largest absolute Gasteiger partial charge is 0.497 e. The molecule has 1 amide bonds. The fraction of sp³-hybridized carbons (Fsp3) is 0.318. The van der Waals surface area contributed by atoms with Crippen LogP contribution < -0.4 is 21.1 Å². The molecule has 0 aliphatic heterocycles. The monoisotopic (exact) mass is 425 g/mol. The van der Waals surface area contributed by atoms with E-state index in [4.69, 9.17) is 22.1 Å². The molecule has 7 nitrogen and oxygen atoms in total. The van der Waals surface area contributed by atoms with E-state index in [1.54, 1.807) is 31.4 Å². The Morgan fingerprint density at radius 2 is 1.90 bits per heavy atom. The number of fused-ring (bicyclic) bond motifs is 1. The minimum Gasteiger partial charge on any atom is -0.497 e. The van der Waals surface area contributed by atoms with Crippen molar-refractivity contribution in [3.8, 4) is 5.75 Å². The van der Waals surface area contributed by atoms with Crippen LogP contribution in [0.3, 0.4) is 0 Å². The van der Waals surface area contributed by atoms with Crippen LogP contribution in [-0.2, 0) is 0 Å². The number of hydrogen-bond donors (Lipinski definition) is 3. The van der Waals surface area contributed by atoms with Gasteiger partial charge in [0, 0.05) is 28.1 Å². The Balaban J connectivity index is 1.68. The summed E-state index contributed by atoms with van der Waals surface area (Å²) in [7, 11) is 1.62. The molecule has 30 heavy (non-hydrogen) atoms. The maximum Gasteiger partial charge on any atom is 0.258 e. The van der Waals surface area contributed by atoms with Gasteiger partial charge in [-0.1, -0.05) is 24.4 Å². The van der Waals surface area contributed by atoms with Gasteiger partial charge in [-0.05, 0) is 55.3 Å². The van der Waals surface area contributed by atoms with E-state index in [-0.39, 0.29) is 23.9 Å². The summed E-state index contributed by atoms with van der Waals surface area (Å²) in [6, 6.07) is 12.4. The molecule has 1 aliphatic carbocycles. The smallest absolute Gasteiger partial charge is 0.258 e. The molecule has 156 valence electrons. The number of amides is 1. The van der Waals surface area contributed by atoms with Crippen molar-refractivity contribution >= 4 is 40.2 Å². The van der Waals surface area contributed by atoms with Crippen molar-refractivity contribution in [2.24, 2.45) is 5.73 Å². The fourth-order valence-corrected chi connectivity index (χ4v) is 3.82. The molecule has 1 saturated carbocycles. The highest BCUT2D eigenvalue weighted by atomic mass is 35.5. The number of anilines is 2. The first-order valence-corrected chi connectivity index (χ1v) is 10.4. The van der Waals surface area contributed by atoms with Crippen LogP contribution in [0.25, 0.3) is 10.9 Å². The van der Waals surface area contributed by atoms with Gasteiger partial charge < -0.3 is 15.8 Å². The second-order valence-electron chi connectivity index (χ2n) is 7.44. The molecule has 4 rings (SSSR count). The predicted molar refractivity (Wildman–Crippen MR) is 119 cm³/mol. The predicted octanol–water partition coefficient (Wildman–Crippen LogP) is 4.23. The molecule has 1 aliphatic rings. The maximum absolute atomic E-state index is 12.6. The molecule has 2 atom stereocenters. The Morgan fingerprint density at radius 1 is 1.13 bits per heavy atom. The Morgan fingerprint density at radius 3 is 2.63 bits per heavy atom. The highest BCUT2D eigenvalue weighted by molar-refractivity contribution is 6.30. The van der Waals surface area contributed by atoms with Gasteiger partial charge >= 0.3 is 0 Å². The summed E-state index contributed by atoms with van der Waals surface area (Å²) in [6.07, 6.45) is 4.21. The van der Waals surface area contributed by atoms with Crippen molar-refractivity contribution in [1.29, 1.82) is 0 Å². The summed E-state index contributed by atoms with van der Waals surface area (Å²) < 4.78 is 5.36. The fourth-order valence-electron chi connectivity index (χ4n) is 3.69. The number of nitrogens with two attached hydrogens (primary N) is 1. The topological polar surface area (TPSA) is 102 Å². The number of carbonyl (C=O) groups excluding carboxylic acids is 1. The number of hydrogen-bond acceptors (Lipinski definition) is 6. The molecule has 0 unspecified atom stereocenters. The number of aromatic nitrogens is 2. The first-order chi connectivity index (χ1) is 14.5. The van der Waals surface area contributed by atoms with Gasteiger partial charge in [-0.25, -0.2) is 4.98 Å². The summed E-state index contributed by atoms with van der Waals surface area (Å²) in [6.45, 7) is 0. The molecule has 1 heterocycles. The number of nitrogens with one attached hydrogen (secondary N) is 2. The van der Waals surface area contributed by atoms with Crippen molar-refractivity contribution in [2.75, 3.05) is 17.7 Å². The van der Waals surface area contributed by atoms with E-state index in [0.717, 1.165) is 31.1 Å². The lowest BCUT2D eigenvalue weighted by atomic mass is 9.91. The van der Waals surface area contributed by atoms with Gasteiger partial charge in [0.05, 0.1) is 12.6 Å². The molecule has 3 aromatic rings. The molecule has 1 fully saturated rings. The Bertz CT molecular complexity index is 1060. The third kappa shape index (κ3) is 4.47. The number of methoxy groups -OCH3 is 1. The quantitative estimate of drug-likeness (QED) is 0.565. The number of benzene rings is 2. The average molecular weight is 426 g/mol. The summed E-state index contributed by atoms with van der Waals surface area (Å²) in [5, 5.41) is 7.65. The lowest BCUT2D eigenvalue weighted by Crippen LogP contribution is -2.42. The molecule has 4 N–H and O–H groups in total. The van der Waals surface area contributed by atoms with E-state index in [2.05, 4.69) is 20.6 Å². The summed E-state index contributed by atoms with van der Waals surface area (Å²) >= 11 is 5.91. The van der Waals surface area contributed by atoms with Crippen LogP contribution in [0.1, 0.15) is 36.0 Å². The van der Waals surface area contributed by atoms with Crippen LogP contribution in [0.4, 0.5) is 11.8 Å². The lowest BCUT2D eigenvalue weighted by Gasteiger charge is -2.30. The zero-order chi connectivity index (χ0) is 21.1. The molecule has 0 saturated heterocycles. The lowest BCUT2D eigenvalue weighted by molar-refractivity contribution is 0.102. The third-order valence-electron chi connectivity index (χ3n) is 5.38. The number of carbonyl (C=O) groups is 1. The van der Waals surface area contributed by atoms with E-state index in [9.17, 15) is 4.79 Å². The van der Waals surface area contributed by atoms with Crippen molar-refractivity contribution in [1.82, 2.24) is 9.97 Å². The summed E-state index contributed by atoms with van der Waals surface area (Å²) in [5.74, 6) is 1.26. The average Bonchev–Trinajstić information content (AvgIpc) is 2.75. The van der Waals surface area contributed by atoms with Gasteiger partial charge in [0.1, 0.15) is 11.6 Å². The Kier molecular flexibility index (Phi) is 6.01. The number of rotatable bonds is 5. The van der Waals surface area contributed by atoms with Gasteiger partial charge in [-0.15, -0.1) is 0 Å². The van der Waals surface area contributed by atoms with Gasteiger partial charge in [-0.2, -0.15) is 4.98 Å². The van der Waals surface area contributed by atoms with Crippen molar-refractivity contribution in [3.63, 3.8) is 0 Å². The van der Waals surface area contributed by atoms with Crippen LogP contribution in [-0.4, -0.2) is 35.1 Å². The van der Waals surface area contributed by atoms with E-state index in [1.165, 1.54) is 0 Å². The number of nitrogens with zero attached hydrogens (tertiary/aromatic N) is 2. The van der Waals surface area contributed by atoms with Gasteiger partial charge in [0.25, 0.3) is 5.91 Å². The standard InChI is InChI=1S/C22H24ClN5O2/c1-30-15-10-11-18-16(12-15)20(25-19-5-3-2-4-17(19)24)27-22(26-18)28-21(29)13-6-8-14(23)9-7-13/h6-12,17,19H,2-5,24H2,1H3,(H2,25,26,27,28,29)/t17-,19+/m1/s1. The SMILES string of the molecule is COc1ccc2nc(NC(=O)c3ccc(Cl)cc3)nc(N[C@H]3CCCC[C@H]3N)c2c1. The summed E-state index contributed by atoms with van der Waals surface area (Å²) in [5.41, 5.74) is 7.49. The van der Waals surface area contributed by atoms with E-state index >= 15 is 0 Å². The van der Waals surface area contributed by atoms with Crippen molar-refractivity contribution in [3.05, 3.63) is 53.1 Å². The van der Waals surface area contributed by atoms with E-state index in [1.807, 2.05) is 18.2 Å². The Hall–Kier alpha value is -2.90. The van der Waals surface area contributed by atoms with Crippen LogP contribution in [0.2, 0.25) is 5.02 Å². The zero-order valence-electron chi connectivity index (χ0n) is 16.7. The first kappa shape index (κ1) is 20.4. The molecule has 8 heteroatoms. The highest BCUT2D eigenvalue weighted by Crippen LogP contribution is 2.29. The minimum absolute atomic E-state index is 0.0569. The van der Waals surface area contributed by atoms with E-state index < -0.39 is 0 Å². The maximum atomic E-state index is 12.6. The van der Waals surface area contributed by atoms with Gasteiger partial charge in [-0.3, -0.25) is 10.1 Å². The van der Waals surface area contributed by atoms with Crippen molar-refractivity contribution in [2.45, 2.75) is 37.8 Å². The molecular formula is C22H24ClN5O2. The van der Waals surface area contributed by atoms with Crippen LogP contribution >= 0.6 is 11.6 Å². The normalized spacial score (nSPS) is 18.8. The van der Waals surface area contributed by atoms with Gasteiger partial charge in [0.2, 0.25) is 5.95 Å². The molecule has 0 bridgehead atoms. The Labute approximate surface area is 180 Å². The first-order valence-electron chi connectivity index (χ1n) is 9.98. The van der Waals surface area contributed by atoms with E-state index in [0.29, 0.717) is 27.7 Å². The molecule has 2 aromatic carbocycles. The highest BCUT2D eigenvalue weighted by Gasteiger charge is 2.23. The second-order valence-corrected chi connectivity index (χ2v) is 7.88.